The van der Waals surface area contributed by atoms with Gasteiger partial charge >= 0.3 is 0 Å². The number of thiazole rings is 1. The SMILES string of the molecule is Cc1cc(C)n(-c2ccc(OCC(=O)Nc3nc4cc(Cl)ccc4s3)nn2)n1. The molecule has 3 heterocycles. The molecule has 0 spiro atoms. The van der Waals surface area contributed by atoms with Gasteiger partial charge in [-0.3, -0.25) is 10.1 Å². The van der Waals surface area contributed by atoms with Gasteiger partial charge in [-0.25, -0.2) is 9.67 Å². The molecular formula is C18H15ClN6O2S. The van der Waals surface area contributed by atoms with Gasteiger partial charge in [0.2, 0.25) is 5.88 Å². The Bertz CT molecular complexity index is 1150. The predicted octanol–water partition coefficient (Wildman–Crippen LogP) is 3.56. The molecular weight excluding hydrogens is 400 g/mol. The summed E-state index contributed by atoms with van der Waals surface area (Å²) in [5.41, 5.74) is 2.59. The zero-order chi connectivity index (χ0) is 19.7. The zero-order valence-electron chi connectivity index (χ0n) is 15.0. The molecule has 3 aromatic heterocycles. The van der Waals surface area contributed by atoms with E-state index in [2.05, 4.69) is 25.6 Å². The van der Waals surface area contributed by atoms with Crippen molar-refractivity contribution in [3.8, 4) is 11.7 Å². The van der Waals surface area contributed by atoms with Crippen molar-refractivity contribution >= 4 is 44.2 Å². The minimum Gasteiger partial charge on any atom is -0.466 e. The lowest BCUT2D eigenvalue weighted by molar-refractivity contribution is -0.118. The number of aryl methyl sites for hydroxylation is 2. The van der Waals surface area contributed by atoms with E-state index < -0.39 is 0 Å². The lowest BCUT2D eigenvalue weighted by atomic mass is 10.3. The standard InChI is InChI=1S/C18H15ClN6O2S/c1-10-7-11(2)25(24-10)15-5-6-17(23-22-15)27-9-16(26)21-18-20-13-8-12(19)3-4-14(13)28-18/h3-8H,9H2,1-2H3,(H,20,21,26). The Morgan fingerprint density at radius 2 is 2.07 bits per heavy atom. The maximum absolute atomic E-state index is 12.1. The first kappa shape index (κ1) is 18.3. The van der Waals surface area contributed by atoms with Gasteiger partial charge in [0.1, 0.15) is 0 Å². The van der Waals surface area contributed by atoms with Crippen molar-refractivity contribution in [3.05, 3.63) is 52.8 Å². The Kier molecular flexibility index (Phi) is 4.93. The van der Waals surface area contributed by atoms with Crippen LogP contribution in [0.15, 0.2) is 36.4 Å². The number of anilines is 1. The van der Waals surface area contributed by atoms with Crippen molar-refractivity contribution in [3.63, 3.8) is 0 Å². The quantitative estimate of drug-likeness (QED) is 0.536. The number of carbonyl (C=O) groups is 1. The number of aromatic nitrogens is 5. The van der Waals surface area contributed by atoms with E-state index in [4.69, 9.17) is 16.3 Å². The fraction of sp³-hybridized carbons (Fsp3) is 0.167. The van der Waals surface area contributed by atoms with Crippen LogP contribution in [0.3, 0.4) is 0 Å². The molecule has 0 radical (unpaired) electrons. The summed E-state index contributed by atoms with van der Waals surface area (Å²) in [6.45, 7) is 3.64. The number of amides is 1. The van der Waals surface area contributed by atoms with Crippen LogP contribution in [0.5, 0.6) is 5.88 Å². The van der Waals surface area contributed by atoms with Gasteiger partial charge in [-0.05, 0) is 44.2 Å². The minimum atomic E-state index is -0.338. The number of carbonyl (C=O) groups excluding carboxylic acids is 1. The van der Waals surface area contributed by atoms with E-state index in [-0.39, 0.29) is 18.4 Å². The summed E-state index contributed by atoms with van der Waals surface area (Å²) < 4.78 is 8.03. The molecule has 4 aromatic rings. The first-order valence-electron chi connectivity index (χ1n) is 8.34. The van der Waals surface area contributed by atoms with E-state index in [1.54, 1.807) is 28.9 Å². The van der Waals surface area contributed by atoms with E-state index in [1.807, 2.05) is 26.0 Å². The van der Waals surface area contributed by atoms with Crippen LogP contribution in [-0.2, 0) is 4.79 Å². The van der Waals surface area contributed by atoms with E-state index in [0.717, 1.165) is 21.6 Å². The first-order valence-corrected chi connectivity index (χ1v) is 9.53. The highest BCUT2D eigenvalue weighted by Gasteiger charge is 2.10. The second kappa shape index (κ2) is 7.53. The lowest BCUT2D eigenvalue weighted by Gasteiger charge is -2.06. The van der Waals surface area contributed by atoms with Gasteiger partial charge in [0.15, 0.2) is 17.6 Å². The normalized spacial score (nSPS) is 11.0. The third-order valence-corrected chi connectivity index (χ3v) is 4.99. The Balaban J connectivity index is 1.37. The van der Waals surface area contributed by atoms with Crippen LogP contribution < -0.4 is 10.1 Å². The van der Waals surface area contributed by atoms with Crippen molar-refractivity contribution in [2.24, 2.45) is 0 Å². The van der Waals surface area contributed by atoms with Crippen LogP contribution in [-0.4, -0.2) is 37.5 Å². The van der Waals surface area contributed by atoms with E-state index >= 15 is 0 Å². The Labute approximate surface area is 169 Å². The Hall–Kier alpha value is -3.04. The van der Waals surface area contributed by atoms with Crippen LogP contribution >= 0.6 is 22.9 Å². The molecule has 1 N–H and O–H groups in total. The summed E-state index contributed by atoms with van der Waals surface area (Å²) in [5.74, 6) is 0.488. The molecule has 1 amide bonds. The van der Waals surface area contributed by atoms with Crippen LogP contribution in [0.1, 0.15) is 11.4 Å². The summed E-state index contributed by atoms with van der Waals surface area (Å²) in [7, 11) is 0. The summed E-state index contributed by atoms with van der Waals surface area (Å²) in [5, 5.41) is 16.2. The van der Waals surface area contributed by atoms with E-state index in [9.17, 15) is 4.79 Å². The number of nitrogens with one attached hydrogen (secondary N) is 1. The Morgan fingerprint density at radius 1 is 1.21 bits per heavy atom. The van der Waals surface area contributed by atoms with Crippen molar-refractivity contribution in [1.29, 1.82) is 0 Å². The smallest absolute Gasteiger partial charge is 0.264 e. The second-order valence-corrected chi connectivity index (χ2v) is 7.50. The van der Waals surface area contributed by atoms with Crippen LogP contribution in [0, 0.1) is 13.8 Å². The van der Waals surface area contributed by atoms with Gasteiger partial charge in [0.05, 0.1) is 15.9 Å². The molecule has 0 saturated carbocycles. The number of nitrogens with zero attached hydrogens (tertiary/aromatic N) is 5. The maximum atomic E-state index is 12.1. The number of halogens is 1. The molecule has 28 heavy (non-hydrogen) atoms. The summed E-state index contributed by atoms with van der Waals surface area (Å²) in [4.78, 5) is 16.4. The largest absolute Gasteiger partial charge is 0.466 e. The molecule has 0 bridgehead atoms. The number of hydrogen-bond acceptors (Lipinski definition) is 7. The molecule has 0 fully saturated rings. The monoisotopic (exact) mass is 414 g/mol. The molecule has 0 saturated heterocycles. The summed E-state index contributed by atoms with van der Waals surface area (Å²) >= 11 is 7.31. The first-order chi connectivity index (χ1) is 13.5. The molecule has 142 valence electrons. The van der Waals surface area contributed by atoms with Gasteiger partial charge < -0.3 is 4.74 Å². The van der Waals surface area contributed by atoms with Crippen molar-refractivity contribution < 1.29 is 9.53 Å². The number of ether oxygens (including phenoxy) is 1. The average molecular weight is 415 g/mol. The molecule has 0 aliphatic heterocycles. The fourth-order valence-electron chi connectivity index (χ4n) is 2.61. The van der Waals surface area contributed by atoms with Crippen molar-refractivity contribution in [2.75, 3.05) is 11.9 Å². The Morgan fingerprint density at radius 3 is 2.79 bits per heavy atom. The van der Waals surface area contributed by atoms with Crippen molar-refractivity contribution in [2.45, 2.75) is 13.8 Å². The molecule has 0 unspecified atom stereocenters. The number of rotatable bonds is 5. The van der Waals surface area contributed by atoms with Gasteiger partial charge in [-0.1, -0.05) is 22.9 Å². The highest BCUT2D eigenvalue weighted by atomic mass is 35.5. The van der Waals surface area contributed by atoms with E-state index in [0.29, 0.717) is 16.0 Å². The molecule has 1 aromatic carbocycles. The molecule has 0 aliphatic rings. The van der Waals surface area contributed by atoms with Crippen LogP contribution in [0.4, 0.5) is 5.13 Å². The minimum absolute atomic E-state index is 0.204. The van der Waals surface area contributed by atoms with Crippen LogP contribution in [0.2, 0.25) is 5.02 Å². The highest BCUT2D eigenvalue weighted by molar-refractivity contribution is 7.22. The van der Waals surface area contributed by atoms with E-state index in [1.165, 1.54) is 11.3 Å². The van der Waals surface area contributed by atoms with Gasteiger partial charge in [0.25, 0.3) is 5.91 Å². The van der Waals surface area contributed by atoms with Crippen LogP contribution in [0.25, 0.3) is 16.0 Å². The molecule has 0 atom stereocenters. The second-order valence-electron chi connectivity index (χ2n) is 6.04. The number of hydrogen-bond donors (Lipinski definition) is 1. The third-order valence-electron chi connectivity index (χ3n) is 3.80. The summed E-state index contributed by atoms with van der Waals surface area (Å²) in [6.07, 6.45) is 0. The van der Waals surface area contributed by atoms with Gasteiger partial charge in [-0.2, -0.15) is 5.10 Å². The molecule has 0 aliphatic carbocycles. The predicted molar refractivity (Wildman–Crippen MR) is 107 cm³/mol. The lowest BCUT2D eigenvalue weighted by Crippen LogP contribution is -2.20. The van der Waals surface area contributed by atoms with Gasteiger partial charge in [0, 0.05) is 16.8 Å². The third kappa shape index (κ3) is 3.95. The molecule has 8 nitrogen and oxygen atoms in total. The number of fused-ring (bicyclic) bond motifs is 1. The number of benzene rings is 1. The maximum Gasteiger partial charge on any atom is 0.264 e. The van der Waals surface area contributed by atoms with Gasteiger partial charge in [-0.15, -0.1) is 10.2 Å². The summed E-state index contributed by atoms with van der Waals surface area (Å²) in [6, 6.07) is 10.7. The fourth-order valence-corrected chi connectivity index (χ4v) is 3.64. The highest BCUT2D eigenvalue weighted by Crippen LogP contribution is 2.27. The topological polar surface area (TPSA) is 94.8 Å². The molecule has 4 rings (SSSR count). The van der Waals surface area contributed by atoms with Crippen molar-refractivity contribution in [1.82, 2.24) is 25.0 Å². The zero-order valence-corrected chi connectivity index (χ0v) is 16.6. The molecule has 10 heteroatoms. The average Bonchev–Trinajstić information content (AvgIpc) is 3.21.